The zero-order valence-corrected chi connectivity index (χ0v) is 19.5. The van der Waals surface area contributed by atoms with Gasteiger partial charge >= 0.3 is 5.63 Å². The van der Waals surface area contributed by atoms with E-state index in [9.17, 15) is 18.0 Å². The summed E-state index contributed by atoms with van der Waals surface area (Å²) in [6.07, 6.45) is 0. The highest BCUT2D eigenvalue weighted by atomic mass is 32.2. The molecule has 1 aromatic heterocycles. The van der Waals surface area contributed by atoms with Gasteiger partial charge in [-0.05, 0) is 67.1 Å². The Hall–Kier alpha value is -4.11. The number of ether oxygens (including phenoxy) is 1. The Kier molecular flexibility index (Phi) is 6.12. The Bertz CT molecular complexity index is 1540. The number of carbonyl (C=O) groups excluding carboxylic acids is 1. The fourth-order valence-electron chi connectivity index (χ4n) is 3.49. The van der Waals surface area contributed by atoms with Gasteiger partial charge < -0.3 is 14.5 Å². The zero-order chi connectivity index (χ0) is 24.5. The van der Waals surface area contributed by atoms with E-state index < -0.39 is 21.6 Å². The third-order valence-electron chi connectivity index (χ3n) is 5.40. The van der Waals surface area contributed by atoms with Crippen LogP contribution < -0.4 is 20.0 Å². The minimum absolute atomic E-state index is 0.0291. The number of benzene rings is 3. The van der Waals surface area contributed by atoms with Crippen molar-refractivity contribution in [1.29, 1.82) is 0 Å². The van der Waals surface area contributed by atoms with Crippen LogP contribution in [0, 0.1) is 6.92 Å². The fourth-order valence-corrected chi connectivity index (χ4v) is 4.73. The maximum Gasteiger partial charge on any atom is 0.336 e. The molecule has 0 bridgehead atoms. The monoisotopic (exact) mass is 478 g/mol. The van der Waals surface area contributed by atoms with Crippen molar-refractivity contribution in [2.75, 3.05) is 23.8 Å². The number of amides is 1. The molecular weight excluding hydrogens is 456 g/mol. The van der Waals surface area contributed by atoms with E-state index in [1.54, 1.807) is 49.4 Å². The second-order valence-electron chi connectivity index (χ2n) is 7.61. The van der Waals surface area contributed by atoms with Crippen molar-refractivity contribution >= 4 is 38.3 Å². The lowest BCUT2D eigenvalue weighted by Gasteiger charge is -2.20. The molecule has 4 rings (SSSR count). The minimum Gasteiger partial charge on any atom is -0.497 e. The van der Waals surface area contributed by atoms with E-state index in [1.807, 2.05) is 0 Å². The average Bonchev–Trinajstić information content (AvgIpc) is 2.83. The minimum atomic E-state index is -3.92. The smallest absolute Gasteiger partial charge is 0.336 e. The lowest BCUT2D eigenvalue weighted by molar-refractivity contribution is 0.102. The molecule has 0 saturated heterocycles. The highest BCUT2D eigenvalue weighted by Gasteiger charge is 2.22. The Balaban J connectivity index is 1.59. The van der Waals surface area contributed by atoms with Crippen molar-refractivity contribution in [3.8, 4) is 5.75 Å². The van der Waals surface area contributed by atoms with E-state index in [2.05, 4.69) is 5.32 Å². The van der Waals surface area contributed by atoms with Gasteiger partial charge in [-0.25, -0.2) is 13.2 Å². The first-order valence-electron chi connectivity index (χ1n) is 10.3. The van der Waals surface area contributed by atoms with Crippen LogP contribution in [0.1, 0.15) is 15.9 Å². The van der Waals surface area contributed by atoms with Crippen LogP contribution in [0.5, 0.6) is 5.75 Å². The summed E-state index contributed by atoms with van der Waals surface area (Å²) in [4.78, 5) is 24.5. The van der Waals surface area contributed by atoms with Crippen LogP contribution in [-0.2, 0) is 10.0 Å². The quantitative estimate of drug-likeness (QED) is 0.417. The highest BCUT2D eigenvalue weighted by Crippen LogP contribution is 2.25. The molecular formula is C25H22N2O6S. The molecule has 0 radical (unpaired) electrons. The van der Waals surface area contributed by atoms with E-state index in [0.717, 1.165) is 15.3 Å². The molecule has 0 aliphatic rings. The molecule has 1 amide bonds. The molecule has 0 spiro atoms. The third kappa shape index (κ3) is 4.51. The number of methoxy groups -OCH3 is 1. The Labute approximate surface area is 196 Å². The predicted molar refractivity (Wildman–Crippen MR) is 130 cm³/mol. The number of aryl methyl sites for hydroxylation is 1. The molecule has 0 fully saturated rings. The van der Waals surface area contributed by atoms with E-state index in [1.165, 1.54) is 44.5 Å². The molecule has 1 heterocycles. The average molecular weight is 479 g/mol. The lowest BCUT2D eigenvalue weighted by Crippen LogP contribution is -2.26. The van der Waals surface area contributed by atoms with Crippen molar-refractivity contribution < 1.29 is 22.4 Å². The topological polar surface area (TPSA) is 106 Å². The predicted octanol–water partition coefficient (Wildman–Crippen LogP) is 4.19. The summed E-state index contributed by atoms with van der Waals surface area (Å²) in [7, 11) is -0.948. The molecule has 4 aromatic rings. The summed E-state index contributed by atoms with van der Waals surface area (Å²) in [6, 6.07) is 18.7. The summed E-state index contributed by atoms with van der Waals surface area (Å²) in [5.74, 6) is 0.106. The van der Waals surface area contributed by atoms with E-state index in [4.69, 9.17) is 9.15 Å². The molecule has 1 N–H and O–H groups in total. The standard InChI is InChI=1S/C25H22N2O6S/c1-16-13-24(28)33-23-15-18(7-12-22(16)23)26-25(29)17-5-4-6-21(14-17)34(30,31)27(2)19-8-10-20(32-3)11-9-19/h4-15H,1-3H3,(H,26,29). The highest BCUT2D eigenvalue weighted by molar-refractivity contribution is 7.92. The molecule has 9 heteroatoms. The Morgan fingerprint density at radius 2 is 1.74 bits per heavy atom. The summed E-state index contributed by atoms with van der Waals surface area (Å²) in [5.41, 5.74) is 1.66. The largest absolute Gasteiger partial charge is 0.497 e. The Morgan fingerprint density at radius 3 is 2.44 bits per heavy atom. The Morgan fingerprint density at radius 1 is 1.00 bits per heavy atom. The second kappa shape index (κ2) is 9.03. The van der Waals surface area contributed by atoms with Crippen LogP contribution in [-0.4, -0.2) is 28.5 Å². The number of nitrogens with zero attached hydrogens (tertiary/aromatic N) is 1. The first-order chi connectivity index (χ1) is 16.2. The maximum absolute atomic E-state index is 13.2. The van der Waals surface area contributed by atoms with Crippen molar-refractivity contribution in [2.45, 2.75) is 11.8 Å². The van der Waals surface area contributed by atoms with E-state index in [-0.39, 0.29) is 10.5 Å². The number of fused-ring (bicyclic) bond motifs is 1. The van der Waals surface area contributed by atoms with Crippen LogP contribution in [0.25, 0.3) is 11.0 Å². The van der Waals surface area contributed by atoms with Gasteiger partial charge in [-0.2, -0.15) is 0 Å². The van der Waals surface area contributed by atoms with Crippen LogP contribution in [0.15, 0.2) is 86.9 Å². The molecule has 0 aliphatic carbocycles. The normalized spacial score (nSPS) is 11.3. The number of nitrogens with one attached hydrogen (secondary N) is 1. The van der Waals surface area contributed by atoms with Gasteiger partial charge in [0.1, 0.15) is 11.3 Å². The van der Waals surface area contributed by atoms with Crippen LogP contribution in [0.3, 0.4) is 0 Å². The van der Waals surface area contributed by atoms with E-state index >= 15 is 0 Å². The molecule has 0 aliphatic heterocycles. The van der Waals surface area contributed by atoms with Crippen LogP contribution in [0.4, 0.5) is 11.4 Å². The molecule has 8 nitrogen and oxygen atoms in total. The van der Waals surface area contributed by atoms with Gasteiger partial charge in [0, 0.05) is 35.8 Å². The summed E-state index contributed by atoms with van der Waals surface area (Å²) >= 11 is 0. The van der Waals surface area contributed by atoms with Crippen molar-refractivity contribution in [3.05, 3.63) is 94.3 Å². The molecule has 34 heavy (non-hydrogen) atoms. The number of carbonyl (C=O) groups is 1. The number of rotatable bonds is 6. The van der Waals surface area contributed by atoms with Gasteiger partial charge in [-0.3, -0.25) is 9.10 Å². The summed E-state index contributed by atoms with van der Waals surface area (Å²) < 4.78 is 37.8. The van der Waals surface area contributed by atoms with Gasteiger partial charge in [-0.15, -0.1) is 0 Å². The number of hydrogen-bond acceptors (Lipinski definition) is 6. The zero-order valence-electron chi connectivity index (χ0n) is 18.7. The molecule has 0 atom stereocenters. The van der Waals surface area contributed by atoms with Crippen molar-refractivity contribution in [1.82, 2.24) is 0 Å². The lowest BCUT2D eigenvalue weighted by atomic mass is 10.1. The van der Waals surface area contributed by atoms with Crippen LogP contribution >= 0.6 is 0 Å². The number of hydrogen-bond donors (Lipinski definition) is 1. The number of sulfonamides is 1. The summed E-state index contributed by atoms with van der Waals surface area (Å²) in [5, 5.41) is 3.47. The fraction of sp³-hybridized carbons (Fsp3) is 0.120. The van der Waals surface area contributed by atoms with Crippen LogP contribution in [0.2, 0.25) is 0 Å². The van der Waals surface area contributed by atoms with Gasteiger partial charge in [0.25, 0.3) is 15.9 Å². The molecule has 0 unspecified atom stereocenters. The van der Waals surface area contributed by atoms with Gasteiger partial charge in [0.2, 0.25) is 0 Å². The third-order valence-corrected chi connectivity index (χ3v) is 7.18. The SMILES string of the molecule is COc1ccc(N(C)S(=O)(=O)c2cccc(C(=O)Nc3ccc4c(C)cc(=O)oc4c3)c2)cc1. The van der Waals surface area contributed by atoms with Gasteiger partial charge in [0.15, 0.2) is 0 Å². The summed E-state index contributed by atoms with van der Waals surface area (Å²) in [6.45, 7) is 1.80. The molecule has 174 valence electrons. The second-order valence-corrected chi connectivity index (χ2v) is 9.58. The number of anilines is 2. The molecule has 3 aromatic carbocycles. The maximum atomic E-state index is 13.2. The first-order valence-corrected chi connectivity index (χ1v) is 11.7. The van der Waals surface area contributed by atoms with Gasteiger partial charge in [-0.1, -0.05) is 6.07 Å². The van der Waals surface area contributed by atoms with Gasteiger partial charge in [0.05, 0.1) is 17.7 Å². The first kappa shape index (κ1) is 23.1. The van der Waals surface area contributed by atoms with Crippen molar-refractivity contribution in [2.24, 2.45) is 0 Å². The van der Waals surface area contributed by atoms with Crippen molar-refractivity contribution in [3.63, 3.8) is 0 Å². The van der Waals surface area contributed by atoms with E-state index in [0.29, 0.717) is 22.7 Å². The molecule has 0 saturated carbocycles.